The molecule has 0 aliphatic heterocycles. The van der Waals surface area contributed by atoms with Crippen molar-refractivity contribution in [2.24, 2.45) is 0 Å². The quantitative estimate of drug-likeness (QED) is 0.847. The van der Waals surface area contributed by atoms with Gasteiger partial charge in [0.05, 0.1) is 15.7 Å². The first-order valence-electron chi connectivity index (χ1n) is 5.47. The van der Waals surface area contributed by atoms with Gasteiger partial charge in [-0.2, -0.15) is 0 Å². The number of hydrogen-bond acceptors (Lipinski definition) is 4. The van der Waals surface area contributed by atoms with E-state index in [9.17, 15) is 0 Å². The standard InChI is InChI=1S/C12H14ClN3S/c1-9-11(16-7-6-15-9)4-5-14-8-10-2-3-12(13)17-10/h2-3,6-7,14H,4-5,8H2,1H3. The first-order valence-corrected chi connectivity index (χ1v) is 6.66. The van der Waals surface area contributed by atoms with Crippen molar-refractivity contribution < 1.29 is 0 Å². The zero-order valence-corrected chi connectivity index (χ0v) is 11.2. The second kappa shape index (κ2) is 6.10. The highest BCUT2D eigenvalue weighted by molar-refractivity contribution is 7.16. The molecular formula is C12H14ClN3S. The van der Waals surface area contributed by atoms with Crippen molar-refractivity contribution >= 4 is 22.9 Å². The number of aromatic nitrogens is 2. The molecule has 0 radical (unpaired) electrons. The molecule has 2 heterocycles. The summed E-state index contributed by atoms with van der Waals surface area (Å²) in [5.41, 5.74) is 2.07. The summed E-state index contributed by atoms with van der Waals surface area (Å²) >= 11 is 7.47. The lowest BCUT2D eigenvalue weighted by molar-refractivity contribution is 0.681. The van der Waals surface area contributed by atoms with E-state index in [2.05, 4.69) is 15.3 Å². The van der Waals surface area contributed by atoms with E-state index in [0.29, 0.717) is 0 Å². The summed E-state index contributed by atoms with van der Waals surface area (Å²) in [6, 6.07) is 3.98. The fraction of sp³-hybridized carbons (Fsp3) is 0.333. The Labute approximate surface area is 110 Å². The number of nitrogens with one attached hydrogen (secondary N) is 1. The lowest BCUT2D eigenvalue weighted by atomic mass is 10.2. The van der Waals surface area contributed by atoms with Crippen molar-refractivity contribution in [2.45, 2.75) is 19.9 Å². The topological polar surface area (TPSA) is 37.8 Å². The third kappa shape index (κ3) is 3.77. The molecule has 3 nitrogen and oxygen atoms in total. The Morgan fingerprint density at radius 3 is 2.82 bits per heavy atom. The maximum atomic E-state index is 5.86. The molecule has 2 aromatic rings. The Morgan fingerprint density at radius 1 is 1.29 bits per heavy atom. The molecule has 0 aliphatic carbocycles. The monoisotopic (exact) mass is 267 g/mol. The Kier molecular flexibility index (Phi) is 4.48. The lowest BCUT2D eigenvalue weighted by Crippen LogP contribution is -2.17. The predicted molar refractivity (Wildman–Crippen MR) is 71.5 cm³/mol. The van der Waals surface area contributed by atoms with Gasteiger partial charge >= 0.3 is 0 Å². The summed E-state index contributed by atoms with van der Waals surface area (Å²) < 4.78 is 0.839. The zero-order valence-electron chi connectivity index (χ0n) is 9.61. The van der Waals surface area contributed by atoms with Gasteiger partial charge < -0.3 is 5.32 Å². The van der Waals surface area contributed by atoms with Crippen molar-refractivity contribution in [1.82, 2.24) is 15.3 Å². The largest absolute Gasteiger partial charge is 0.311 e. The number of rotatable bonds is 5. The van der Waals surface area contributed by atoms with Gasteiger partial charge in [-0.3, -0.25) is 9.97 Å². The third-order valence-electron chi connectivity index (χ3n) is 2.45. The van der Waals surface area contributed by atoms with E-state index < -0.39 is 0 Å². The average Bonchev–Trinajstić information content (AvgIpc) is 2.73. The maximum absolute atomic E-state index is 5.86. The number of thiophene rings is 1. The summed E-state index contributed by atoms with van der Waals surface area (Å²) in [7, 11) is 0. The van der Waals surface area contributed by atoms with E-state index in [1.54, 1.807) is 23.7 Å². The molecule has 0 fully saturated rings. The fourth-order valence-electron chi connectivity index (χ4n) is 1.55. The molecule has 2 rings (SSSR count). The van der Waals surface area contributed by atoms with Gasteiger partial charge in [-0.25, -0.2) is 0 Å². The van der Waals surface area contributed by atoms with Crippen LogP contribution in [0.3, 0.4) is 0 Å². The highest BCUT2D eigenvalue weighted by Crippen LogP contribution is 2.20. The Morgan fingerprint density at radius 2 is 2.12 bits per heavy atom. The van der Waals surface area contributed by atoms with Gasteiger partial charge in [0.15, 0.2) is 0 Å². The predicted octanol–water partition coefficient (Wildman–Crippen LogP) is 2.83. The molecule has 0 saturated carbocycles. The van der Waals surface area contributed by atoms with Crippen molar-refractivity contribution in [1.29, 1.82) is 0 Å². The number of halogens is 1. The number of hydrogen-bond donors (Lipinski definition) is 1. The van der Waals surface area contributed by atoms with Crippen LogP contribution in [0, 0.1) is 6.92 Å². The SMILES string of the molecule is Cc1nccnc1CCNCc1ccc(Cl)s1. The van der Waals surface area contributed by atoms with E-state index in [4.69, 9.17) is 11.6 Å². The normalized spacial score (nSPS) is 10.7. The van der Waals surface area contributed by atoms with E-state index in [0.717, 1.165) is 35.2 Å². The molecule has 17 heavy (non-hydrogen) atoms. The fourth-order valence-corrected chi connectivity index (χ4v) is 2.60. The molecule has 5 heteroatoms. The smallest absolute Gasteiger partial charge is 0.0931 e. The second-order valence-electron chi connectivity index (χ2n) is 3.72. The first kappa shape index (κ1) is 12.5. The molecule has 1 N–H and O–H groups in total. The minimum atomic E-state index is 0.839. The summed E-state index contributed by atoms with van der Waals surface area (Å²) in [6.45, 7) is 3.74. The Hall–Kier alpha value is -0.970. The van der Waals surface area contributed by atoms with Crippen molar-refractivity contribution in [3.63, 3.8) is 0 Å². The van der Waals surface area contributed by atoms with Crippen molar-refractivity contribution in [3.05, 3.63) is 45.1 Å². The third-order valence-corrected chi connectivity index (χ3v) is 3.68. The zero-order chi connectivity index (χ0) is 12.1. The second-order valence-corrected chi connectivity index (χ2v) is 5.52. The highest BCUT2D eigenvalue weighted by Gasteiger charge is 2.00. The van der Waals surface area contributed by atoms with Crippen LogP contribution in [-0.2, 0) is 13.0 Å². The number of nitrogens with zero attached hydrogens (tertiary/aromatic N) is 2. The van der Waals surface area contributed by atoms with E-state index in [1.165, 1.54) is 4.88 Å². The van der Waals surface area contributed by atoms with Gasteiger partial charge in [0.2, 0.25) is 0 Å². The van der Waals surface area contributed by atoms with Crippen LogP contribution >= 0.6 is 22.9 Å². The van der Waals surface area contributed by atoms with Gasteiger partial charge in [0.25, 0.3) is 0 Å². The van der Waals surface area contributed by atoms with Gasteiger partial charge in [-0.15, -0.1) is 11.3 Å². The van der Waals surface area contributed by atoms with Gasteiger partial charge in [0.1, 0.15) is 0 Å². The van der Waals surface area contributed by atoms with Crippen LogP contribution in [0.25, 0.3) is 0 Å². The van der Waals surface area contributed by atoms with Crippen LogP contribution in [0.5, 0.6) is 0 Å². The van der Waals surface area contributed by atoms with Gasteiger partial charge in [-0.1, -0.05) is 11.6 Å². The van der Waals surface area contributed by atoms with Crippen LogP contribution in [0.15, 0.2) is 24.5 Å². The molecule has 0 spiro atoms. The molecule has 0 unspecified atom stereocenters. The summed E-state index contributed by atoms with van der Waals surface area (Å²) in [4.78, 5) is 9.78. The molecule has 90 valence electrons. The summed E-state index contributed by atoms with van der Waals surface area (Å²) in [5.74, 6) is 0. The first-order chi connectivity index (χ1) is 8.25. The van der Waals surface area contributed by atoms with Crippen LogP contribution in [0.2, 0.25) is 4.34 Å². The minimum Gasteiger partial charge on any atom is -0.311 e. The highest BCUT2D eigenvalue weighted by atomic mass is 35.5. The van der Waals surface area contributed by atoms with E-state index in [1.807, 2.05) is 19.1 Å². The molecule has 0 atom stereocenters. The van der Waals surface area contributed by atoms with Crippen LogP contribution in [-0.4, -0.2) is 16.5 Å². The molecule has 2 aromatic heterocycles. The molecule has 0 bridgehead atoms. The van der Waals surface area contributed by atoms with Crippen molar-refractivity contribution in [2.75, 3.05) is 6.54 Å². The van der Waals surface area contributed by atoms with Crippen LogP contribution in [0.4, 0.5) is 0 Å². The van der Waals surface area contributed by atoms with Crippen LogP contribution in [0.1, 0.15) is 16.3 Å². The Balaban J connectivity index is 1.75. The van der Waals surface area contributed by atoms with Gasteiger partial charge in [0, 0.05) is 36.8 Å². The van der Waals surface area contributed by atoms with Crippen molar-refractivity contribution in [3.8, 4) is 0 Å². The molecule has 0 aromatic carbocycles. The lowest BCUT2D eigenvalue weighted by Gasteiger charge is -2.04. The van der Waals surface area contributed by atoms with E-state index >= 15 is 0 Å². The van der Waals surface area contributed by atoms with Crippen LogP contribution < -0.4 is 5.32 Å². The Bertz CT molecular complexity index is 484. The molecule has 0 saturated heterocycles. The molecule has 0 amide bonds. The van der Waals surface area contributed by atoms with E-state index in [-0.39, 0.29) is 0 Å². The number of aryl methyl sites for hydroxylation is 1. The molecular weight excluding hydrogens is 254 g/mol. The summed E-state index contributed by atoms with van der Waals surface area (Å²) in [5, 5.41) is 3.37. The summed E-state index contributed by atoms with van der Waals surface area (Å²) in [6.07, 6.45) is 4.36. The average molecular weight is 268 g/mol. The minimum absolute atomic E-state index is 0.839. The maximum Gasteiger partial charge on any atom is 0.0931 e. The molecule has 0 aliphatic rings. The van der Waals surface area contributed by atoms with Gasteiger partial charge in [-0.05, 0) is 19.1 Å².